The zero-order valence-electron chi connectivity index (χ0n) is 12.2. The Morgan fingerprint density at radius 2 is 1.84 bits per heavy atom. The molecule has 1 aromatic heterocycles. The highest BCUT2D eigenvalue weighted by Gasteiger charge is 2.24. The van der Waals surface area contributed by atoms with Crippen LogP contribution in [-0.2, 0) is 12.5 Å². The Bertz CT molecular complexity index is 594. The second-order valence-corrected chi connectivity index (χ2v) is 5.68. The van der Waals surface area contributed by atoms with Crippen molar-refractivity contribution in [2.24, 2.45) is 7.05 Å². The number of nitrogens with zero attached hydrogens (tertiary/aromatic N) is 2. The van der Waals surface area contributed by atoms with Crippen molar-refractivity contribution in [3.63, 3.8) is 0 Å². The van der Waals surface area contributed by atoms with Crippen LogP contribution in [0.1, 0.15) is 26.6 Å². The Labute approximate surface area is 114 Å². The fourth-order valence-corrected chi connectivity index (χ4v) is 2.22. The van der Waals surface area contributed by atoms with Gasteiger partial charge in [-0.25, -0.2) is 4.98 Å². The Hall–Kier alpha value is -1.97. The number of ether oxygens (including phenoxy) is 1. The molecule has 0 bridgehead atoms. The number of hydrogen-bond acceptors (Lipinski definition) is 3. The number of hydrogen-bond donors (Lipinski definition) is 1. The minimum absolute atomic E-state index is 0.0524. The van der Waals surface area contributed by atoms with Crippen LogP contribution in [-0.4, -0.2) is 16.7 Å². The third kappa shape index (κ3) is 2.30. The van der Waals surface area contributed by atoms with Gasteiger partial charge in [-0.2, -0.15) is 0 Å². The van der Waals surface area contributed by atoms with Gasteiger partial charge in [-0.15, -0.1) is 0 Å². The molecule has 0 radical (unpaired) electrons. The molecule has 0 saturated carbocycles. The topological polar surface area (TPSA) is 53.1 Å². The Morgan fingerprint density at radius 1 is 1.21 bits per heavy atom. The minimum Gasteiger partial charge on any atom is -0.496 e. The van der Waals surface area contributed by atoms with Gasteiger partial charge in [-0.1, -0.05) is 32.9 Å². The van der Waals surface area contributed by atoms with E-state index in [2.05, 4.69) is 20.8 Å². The summed E-state index contributed by atoms with van der Waals surface area (Å²) in [5.74, 6) is 2.41. The van der Waals surface area contributed by atoms with E-state index in [9.17, 15) is 0 Å². The van der Waals surface area contributed by atoms with Gasteiger partial charge >= 0.3 is 0 Å². The lowest BCUT2D eigenvalue weighted by Gasteiger charge is -2.17. The number of rotatable bonds is 2. The van der Waals surface area contributed by atoms with Crippen molar-refractivity contribution in [2.75, 3.05) is 12.8 Å². The van der Waals surface area contributed by atoms with Gasteiger partial charge in [0.15, 0.2) is 0 Å². The lowest BCUT2D eigenvalue weighted by atomic mass is 9.96. The number of aromatic nitrogens is 2. The zero-order valence-corrected chi connectivity index (χ0v) is 12.2. The van der Waals surface area contributed by atoms with Gasteiger partial charge < -0.3 is 15.0 Å². The summed E-state index contributed by atoms with van der Waals surface area (Å²) in [4.78, 5) is 4.72. The molecule has 4 heteroatoms. The van der Waals surface area contributed by atoms with E-state index in [1.165, 1.54) is 0 Å². The summed E-state index contributed by atoms with van der Waals surface area (Å²) in [5.41, 5.74) is 7.86. The lowest BCUT2D eigenvalue weighted by molar-refractivity contribution is 0.416. The fraction of sp³-hybridized carbons (Fsp3) is 0.400. The van der Waals surface area contributed by atoms with E-state index in [1.54, 1.807) is 7.11 Å². The van der Waals surface area contributed by atoms with E-state index in [-0.39, 0.29) is 5.41 Å². The number of methoxy groups -OCH3 is 1. The monoisotopic (exact) mass is 259 g/mol. The molecule has 0 amide bonds. The van der Waals surface area contributed by atoms with Crippen molar-refractivity contribution < 1.29 is 4.74 Å². The molecule has 1 heterocycles. The third-order valence-corrected chi connectivity index (χ3v) is 3.17. The summed E-state index contributed by atoms with van der Waals surface area (Å²) >= 11 is 0. The van der Waals surface area contributed by atoms with Gasteiger partial charge in [-0.05, 0) is 12.1 Å². The minimum atomic E-state index is -0.0524. The fourth-order valence-electron chi connectivity index (χ4n) is 2.22. The van der Waals surface area contributed by atoms with E-state index in [1.807, 2.05) is 35.9 Å². The van der Waals surface area contributed by atoms with Crippen LogP contribution in [0.2, 0.25) is 0 Å². The van der Waals surface area contributed by atoms with Crippen LogP contribution in [0.25, 0.3) is 11.3 Å². The SMILES string of the molecule is COc1ccccc1-c1nc(C(C)(C)C)n(C)c1N. The highest BCUT2D eigenvalue weighted by Crippen LogP contribution is 2.35. The van der Waals surface area contributed by atoms with E-state index in [0.717, 1.165) is 22.8 Å². The van der Waals surface area contributed by atoms with Crippen LogP contribution in [0, 0.1) is 0 Å². The molecule has 4 nitrogen and oxygen atoms in total. The first-order valence-corrected chi connectivity index (χ1v) is 6.32. The second-order valence-electron chi connectivity index (χ2n) is 5.68. The molecule has 0 saturated heterocycles. The molecule has 2 rings (SSSR count). The van der Waals surface area contributed by atoms with Crippen molar-refractivity contribution >= 4 is 5.82 Å². The Balaban J connectivity index is 2.64. The van der Waals surface area contributed by atoms with Crippen molar-refractivity contribution in [3.05, 3.63) is 30.1 Å². The van der Waals surface area contributed by atoms with Crippen LogP contribution >= 0.6 is 0 Å². The van der Waals surface area contributed by atoms with Gasteiger partial charge in [0.25, 0.3) is 0 Å². The van der Waals surface area contributed by atoms with Crippen LogP contribution in [0.15, 0.2) is 24.3 Å². The molecule has 1 aromatic carbocycles. The van der Waals surface area contributed by atoms with Crippen molar-refractivity contribution in [1.82, 2.24) is 9.55 Å². The average Bonchev–Trinajstić information content (AvgIpc) is 2.66. The van der Waals surface area contributed by atoms with Crippen molar-refractivity contribution in [3.8, 4) is 17.0 Å². The summed E-state index contributed by atoms with van der Waals surface area (Å²) in [7, 11) is 3.60. The molecule has 2 aromatic rings. The van der Waals surface area contributed by atoms with Gasteiger partial charge in [-0.3, -0.25) is 0 Å². The molecule has 0 aliphatic heterocycles. The van der Waals surface area contributed by atoms with Crippen LogP contribution < -0.4 is 10.5 Å². The molecule has 0 unspecified atom stereocenters. The number of nitrogens with two attached hydrogens (primary N) is 1. The van der Waals surface area contributed by atoms with Gasteiger partial charge in [0.05, 0.1) is 7.11 Å². The normalized spacial score (nSPS) is 11.6. The summed E-state index contributed by atoms with van der Waals surface area (Å²) in [6.07, 6.45) is 0. The molecular formula is C15H21N3O. The summed E-state index contributed by atoms with van der Waals surface area (Å²) in [5, 5.41) is 0. The van der Waals surface area contributed by atoms with Crippen molar-refractivity contribution in [2.45, 2.75) is 26.2 Å². The van der Waals surface area contributed by atoms with Crippen molar-refractivity contribution in [1.29, 1.82) is 0 Å². The number of anilines is 1. The molecule has 0 atom stereocenters. The standard InChI is InChI=1S/C15H21N3O/c1-15(2,3)14-17-12(13(16)18(14)4)10-8-6-7-9-11(10)19-5/h6-9H,16H2,1-5H3. The summed E-state index contributed by atoms with van der Waals surface area (Å²) in [6, 6.07) is 7.79. The third-order valence-electron chi connectivity index (χ3n) is 3.17. The van der Waals surface area contributed by atoms with E-state index < -0.39 is 0 Å². The molecule has 19 heavy (non-hydrogen) atoms. The quantitative estimate of drug-likeness (QED) is 0.902. The number of benzene rings is 1. The van der Waals surface area contributed by atoms with E-state index in [0.29, 0.717) is 5.82 Å². The Morgan fingerprint density at radius 3 is 2.37 bits per heavy atom. The van der Waals surface area contributed by atoms with Crippen LogP contribution in [0.3, 0.4) is 0 Å². The summed E-state index contributed by atoms with van der Waals surface area (Å²) in [6.45, 7) is 6.38. The molecule has 0 aliphatic rings. The maximum atomic E-state index is 6.20. The molecule has 0 aliphatic carbocycles. The van der Waals surface area contributed by atoms with Crippen LogP contribution in [0.4, 0.5) is 5.82 Å². The predicted molar refractivity (Wildman–Crippen MR) is 78.3 cm³/mol. The molecule has 0 spiro atoms. The number of nitrogen functional groups attached to an aromatic ring is 1. The second kappa shape index (κ2) is 4.61. The maximum absolute atomic E-state index is 6.20. The highest BCUT2D eigenvalue weighted by molar-refractivity contribution is 5.76. The first-order valence-electron chi connectivity index (χ1n) is 6.32. The van der Waals surface area contributed by atoms with Gasteiger partial charge in [0, 0.05) is 18.0 Å². The van der Waals surface area contributed by atoms with E-state index in [4.69, 9.17) is 15.5 Å². The van der Waals surface area contributed by atoms with Gasteiger partial charge in [0.1, 0.15) is 23.1 Å². The smallest absolute Gasteiger partial charge is 0.131 e. The molecule has 2 N–H and O–H groups in total. The number of imidazole rings is 1. The van der Waals surface area contributed by atoms with Crippen LogP contribution in [0.5, 0.6) is 5.75 Å². The highest BCUT2D eigenvalue weighted by atomic mass is 16.5. The molecular weight excluding hydrogens is 238 g/mol. The lowest BCUT2D eigenvalue weighted by Crippen LogP contribution is -2.17. The Kier molecular flexibility index (Phi) is 3.27. The van der Waals surface area contributed by atoms with Gasteiger partial charge in [0.2, 0.25) is 0 Å². The largest absolute Gasteiger partial charge is 0.496 e. The summed E-state index contributed by atoms with van der Waals surface area (Å²) < 4.78 is 7.33. The number of para-hydroxylation sites is 1. The average molecular weight is 259 g/mol. The first kappa shape index (κ1) is 13.5. The molecule has 102 valence electrons. The van der Waals surface area contributed by atoms with E-state index >= 15 is 0 Å². The maximum Gasteiger partial charge on any atom is 0.131 e. The first-order chi connectivity index (χ1) is 8.86. The zero-order chi connectivity index (χ0) is 14.2. The predicted octanol–water partition coefficient (Wildman–Crippen LogP) is 2.98. The molecule has 0 fully saturated rings.